The number of carbonyl (C=O) groups is 5. The average Bonchev–Trinajstić information content (AvgIpc) is 2.80. The Morgan fingerprint density at radius 3 is 1.71 bits per heavy atom. The number of hydrogen-bond acceptors (Lipinski definition) is 9. The van der Waals surface area contributed by atoms with Crippen LogP contribution in [0, 0.1) is 0 Å². The summed E-state index contributed by atoms with van der Waals surface area (Å²) in [5, 5.41) is 26.1. The van der Waals surface area contributed by atoms with Crippen LogP contribution in [0.1, 0.15) is 39.0 Å². The molecule has 0 aliphatic rings. The normalized spacial score (nSPS) is 14.5. The molecule has 0 aromatic rings. The van der Waals surface area contributed by atoms with Crippen molar-refractivity contribution < 1.29 is 34.2 Å². The van der Waals surface area contributed by atoms with Crippen LogP contribution in [-0.4, -0.2) is 95.1 Å². The molecule has 0 spiro atoms. The summed E-state index contributed by atoms with van der Waals surface area (Å²) < 4.78 is 0. The zero-order valence-electron chi connectivity index (χ0n) is 21.1. The second-order valence-electron chi connectivity index (χ2n) is 8.36. The molecule has 0 saturated heterocycles. The molecule has 17 N–H and O–H groups in total. The van der Waals surface area contributed by atoms with Crippen LogP contribution in [0.5, 0.6) is 0 Å². The molecule has 216 valence electrons. The summed E-state index contributed by atoms with van der Waals surface area (Å²) >= 11 is 0. The molecule has 5 unspecified atom stereocenters. The standard InChI is InChI=1S/C20H39N11O7/c1-9(32)14(17(36)29-11(18(37)38)5-3-7-28-20(25)26)31-16(35)12(8-13(22)33)30-15(34)10(21)4-2-6-27-19(23)24/h9-12,14,32H,2-8,21H2,1H3,(H2,22,33)(H,29,36)(H,30,34)(H,31,35)(H,37,38)(H4,23,24,27)(H4,25,26,28). The van der Waals surface area contributed by atoms with Crippen molar-refractivity contribution in [2.24, 2.45) is 44.4 Å². The quantitative estimate of drug-likeness (QED) is 0.0435. The number of aliphatic carboxylic acids is 1. The Kier molecular flexibility index (Phi) is 15.4. The molecule has 0 aliphatic carbocycles. The summed E-state index contributed by atoms with van der Waals surface area (Å²) in [6.07, 6.45) is -1.49. The van der Waals surface area contributed by atoms with Gasteiger partial charge in [-0.1, -0.05) is 0 Å². The highest BCUT2D eigenvalue weighted by Crippen LogP contribution is 2.04. The van der Waals surface area contributed by atoms with E-state index in [0.29, 0.717) is 6.42 Å². The zero-order chi connectivity index (χ0) is 29.4. The summed E-state index contributed by atoms with van der Waals surface area (Å²) in [4.78, 5) is 68.5. The highest BCUT2D eigenvalue weighted by Gasteiger charge is 2.33. The first-order chi connectivity index (χ1) is 17.6. The third-order valence-electron chi connectivity index (χ3n) is 4.97. The fourth-order valence-electron chi connectivity index (χ4n) is 3.02. The highest BCUT2D eigenvalue weighted by molar-refractivity contribution is 5.96. The van der Waals surface area contributed by atoms with Gasteiger partial charge in [0.25, 0.3) is 0 Å². The van der Waals surface area contributed by atoms with E-state index in [2.05, 4.69) is 25.9 Å². The second-order valence-corrected chi connectivity index (χ2v) is 8.36. The minimum Gasteiger partial charge on any atom is -0.480 e. The fourth-order valence-corrected chi connectivity index (χ4v) is 3.02. The molecule has 0 rings (SSSR count). The Labute approximate surface area is 219 Å². The molecule has 0 heterocycles. The van der Waals surface area contributed by atoms with Crippen molar-refractivity contribution in [1.29, 1.82) is 0 Å². The topological polar surface area (TPSA) is 343 Å². The summed E-state index contributed by atoms with van der Waals surface area (Å²) in [7, 11) is 0. The number of aliphatic hydroxyl groups is 1. The van der Waals surface area contributed by atoms with Crippen molar-refractivity contribution in [3.8, 4) is 0 Å². The number of carboxylic acids is 1. The third-order valence-corrected chi connectivity index (χ3v) is 4.97. The maximum absolute atomic E-state index is 12.8. The summed E-state index contributed by atoms with van der Waals surface area (Å²) in [6, 6.07) is -5.64. The number of carboxylic acid groups (broad SMARTS) is 1. The molecule has 4 amide bonds. The van der Waals surface area contributed by atoms with Crippen LogP contribution in [0.2, 0.25) is 0 Å². The van der Waals surface area contributed by atoms with Crippen LogP contribution in [0.3, 0.4) is 0 Å². The van der Waals surface area contributed by atoms with E-state index in [1.165, 1.54) is 6.92 Å². The van der Waals surface area contributed by atoms with Crippen molar-refractivity contribution in [3.63, 3.8) is 0 Å². The van der Waals surface area contributed by atoms with Crippen molar-refractivity contribution in [1.82, 2.24) is 16.0 Å². The lowest BCUT2D eigenvalue weighted by Crippen LogP contribution is -2.60. The number of primary amides is 1. The lowest BCUT2D eigenvalue weighted by molar-refractivity contribution is -0.143. The van der Waals surface area contributed by atoms with Gasteiger partial charge < -0.3 is 60.6 Å². The molecule has 0 aliphatic heterocycles. The molecule has 18 heteroatoms. The van der Waals surface area contributed by atoms with E-state index in [9.17, 15) is 34.2 Å². The molecule has 0 radical (unpaired) electrons. The molecular formula is C20H39N11O7. The monoisotopic (exact) mass is 545 g/mol. The number of hydrogen-bond donors (Lipinski definition) is 11. The molecule has 18 nitrogen and oxygen atoms in total. The molecule has 0 saturated carbocycles. The first-order valence-electron chi connectivity index (χ1n) is 11.6. The number of nitrogens with one attached hydrogen (secondary N) is 3. The van der Waals surface area contributed by atoms with Gasteiger partial charge in [-0.05, 0) is 32.6 Å². The molecule has 0 aromatic heterocycles. The minimum absolute atomic E-state index is 0.0558. The van der Waals surface area contributed by atoms with Crippen molar-refractivity contribution in [2.75, 3.05) is 13.1 Å². The lowest BCUT2D eigenvalue weighted by Gasteiger charge is -2.26. The predicted octanol–water partition coefficient (Wildman–Crippen LogP) is -5.78. The molecule has 0 fully saturated rings. The van der Waals surface area contributed by atoms with Gasteiger partial charge in [0.05, 0.1) is 18.6 Å². The third kappa shape index (κ3) is 14.4. The Morgan fingerprint density at radius 1 is 0.763 bits per heavy atom. The number of carbonyl (C=O) groups excluding carboxylic acids is 4. The van der Waals surface area contributed by atoms with Gasteiger partial charge in [0.2, 0.25) is 23.6 Å². The first-order valence-corrected chi connectivity index (χ1v) is 11.6. The lowest BCUT2D eigenvalue weighted by atomic mass is 10.1. The number of rotatable bonds is 18. The number of amides is 4. The molecule has 5 atom stereocenters. The van der Waals surface area contributed by atoms with E-state index in [1.807, 2.05) is 0 Å². The van der Waals surface area contributed by atoms with E-state index in [0.717, 1.165) is 0 Å². The van der Waals surface area contributed by atoms with E-state index in [-0.39, 0.29) is 44.3 Å². The van der Waals surface area contributed by atoms with E-state index < -0.39 is 66.3 Å². The van der Waals surface area contributed by atoms with Crippen LogP contribution >= 0.6 is 0 Å². The zero-order valence-corrected chi connectivity index (χ0v) is 21.1. The average molecular weight is 546 g/mol. The van der Waals surface area contributed by atoms with Crippen LogP contribution in [0.25, 0.3) is 0 Å². The van der Waals surface area contributed by atoms with Gasteiger partial charge in [0.1, 0.15) is 18.1 Å². The number of aliphatic imine (C=N–C) groups is 2. The SMILES string of the molecule is CC(O)C(NC(=O)C(CC(N)=O)NC(=O)C(N)CCCN=C(N)N)C(=O)NC(CCCN=C(N)N)C(=O)O. The molecule has 0 bridgehead atoms. The maximum Gasteiger partial charge on any atom is 0.326 e. The van der Waals surface area contributed by atoms with Crippen molar-refractivity contribution in [3.05, 3.63) is 0 Å². The van der Waals surface area contributed by atoms with Crippen LogP contribution in [0.15, 0.2) is 9.98 Å². The maximum atomic E-state index is 12.8. The molecular weight excluding hydrogens is 506 g/mol. The van der Waals surface area contributed by atoms with E-state index in [1.54, 1.807) is 0 Å². The van der Waals surface area contributed by atoms with Gasteiger partial charge in [-0.2, -0.15) is 0 Å². The second kappa shape index (κ2) is 17.3. The van der Waals surface area contributed by atoms with Gasteiger partial charge in [0, 0.05) is 13.1 Å². The van der Waals surface area contributed by atoms with Gasteiger partial charge in [0.15, 0.2) is 11.9 Å². The summed E-state index contributed by atoms with van der Waals surface area (Å²) in [5.41, 5.74) is 31.8. The van der Waals surface area contributed by atoms with E-state index >= 15 is 0 Å². The van der Waals surface area contributed by atoms with Crippen molar-refractivity contribution >= 4 is 41.5 Å². The predicted molar refractivity (Wildman–Crippen MR) is 137 cm³/mol. The summed E-state index contributed by atoms with van der Waals surface area (Å²) in [5.74, 6) is -5.47. The van der Waals surface area contributed by atoms with Gasteiger partial charge in [-0.25, -0.2) is 4.79 Å². The Balaban J connectivity index is 5.33. The molecule has 0 aromatic carbocycles. The van der Waals surface area contributed by atoms with Crippen LogP contribution < -0.4 is 50.4 Å². The Hall–Kier alpha value is -4.19. The number of nitrogens with two attached hydrogens (primary N) is 6. The number of nitrogens with zero attached hydrogens (tertiary/aromatic N) is 2. The van der Waals surface area contributed by atoms with E-state index in [4.69, 9.17) is 34.4 Å². The first kappa shape index (κ1) is 33.8. The number of guanidine groups is 2. The Bertz CT molecular complexity index is 887. The van der Waals surface area contributed by atoms with Gasteiger partial charge in [-0.15, -0.1) is 0 Å². The largest absolute Gasteiger partial charge is 0.480 e. The van der Waals surface area contributed by atoms with Crippen LogP contribution in [0.4, 0.5) is 0 Å². The van der Waals surface area contributed by atoms with Gasteiger partial charge >= 0.3 is 5.97 Å². The Morgan fingerprint density at radius 2 is 1.26 bits per heavy atom. The molecule has 38 heavy (non-hydrogen) atoms. The highest BCUT2D eigenvalue weighted by atomic mass is 16.4. The van der Waals surface area contributed by atoms with Crippen LogP contribution in [-0.2, 0) is 24.0 Å². The number of aliphatic hydroxyl groups excluding tert-OH is 1. The van der Waals surface area contributed by atoms with Crippen molar-refractivity contribution in [2.45, 2.75) is 69.3 Å². The summed E-state index contributed by atoms with van der Waals surface area (Å²) in [6.45, 7) is 1.50. The van der Waals surface area contributed by atoms with Gasteiger partial charge in [-0.3, -0.25) is 29.2 Å². The fraction of sp³-hybridized carbons (Fsp3) is 0.650. The minimum atomic E-state index is -1.64. The smallest absolute Gasteiger partial charge is 0.326 e.